The van der Waals surface area contributed by atoms with E-state index in [-0.39, 0.29) is 17.2 Å². The molecule has 0 spiro atoms. The van der Waals surface area contributed by atoms with E-state index >= 15 is 0 Å². The third-order valence-corrected chi connectivity index (χ3v) is 8.23. The molecule has 37 heavy (non-hydrogen) atoms. The number of ether oxygens (including phenoxy) is 2. The molecule has 0 unspecified atom stereocenters. The Kier molecular flexibility index (Phi) is 8.68. The maximum Gasteiger partial charge on any atom is 0.264 e. The Hall–Kier alpha value is -3.56. The summed E-state index contributed by atoms with van der Waals surface area (Å²) in [5, 5.41) is 2.92. The van der Waals surface area contributed by atoms with E-state index in [1.54, 1.807) is 30.3 Å². The molecular formula is C28H33N3O5S. The summed E-state index contributed by atoms with van der Waals surface area (Å²) in [7, 11) is -1.16. The molecule has 0 aliphatic carbocycles. The van der Waals surface area contributed by atoms with E-state index < -0.39 is 15.9 Å². The highest BCUT2D eigenvalue weighted by Gasteiger charge is 2.28. The zero-order valence-corrected chi connectivity index (χ0v) is 22.0. The van der Waals surface area contributed by atoms with Crippen LogP contribution in [0.5, 0.6) is 11.5 Å². The molecular weight excluding hydrogens is 490 g/mol. The van der Waals surface area contributed by atoms with Gasteiger partial charge in [-0.15, -0.1) is 0 Å². The van der Waals surface area contributed by atoms with Gasteiger partial charge in [0.2, 0.25) is 5.91 Å². The molecule has 1 saturated heterocycles. The number of carbonyl (C=O) groups is 1. The highest BCUT2D eigenvalue weighted by Crippen LogP contribution is 2.32. The number of para-hydroxylation sites is 1. The number of hydrogen-bond acceptors (Lipinski definition) is 6. The lowest BCUT2D eigenvalue weighted by Crippen LogP contribution is -2.40. The van der Waals surface area contributed by atoms with Crippen LogP contribution in [0, 0.1) is 0 Å². The Morgan fingerprint density at radius 3 is 2.22 bits per heavy atom. The van der Waals surface area contributed by atoms with Crippen LogP contribution in [0.1, 0.15) is 24.0 Å². The molecule has 3 aromatic rings. The molecule has 4 rings (SSSR count). The molecule has 0 aromatic heterocycles. The molecule has 1 aliphatic rings. The number of nitrogens with zero attached hydrogens (tertiary/aromatic N) is 2. The van der Waals surface area contributed by atoms with Crippen LogP contribution >= 0.6 is 0 Å². The number of hydrogen-bond donors (Lipinski definition) is 1. The minimum atomic E-state index is -4.08. The van der Waals surface area contributed by atoms with Crippen LogP contribution in [-0.2, 0) is 27.9 Å². The lowest BCUT2D eigenvalue weighted by molar-refractivity contribution is -0.119. The summed E-state index contributed by atoms with van der Waals surface area (Å²) in [6, 6.07) is 21.0. The summed E-state index contributed by atoms with van der Waals surface area (Å²) in [4.78, 5) is 15.5. The molecule has 196 valence electrons. The van der Waals surface area contributed by atoms with Gasteiger partial charge in [0.05, 0.1) is 24.8 Å². The summed E-state index contributed by atoms with van der Waals surface area (Å²) < 4.78 is 39.0. The molecule has 1 aliphatic heterocycles. The maximum atomic E-state index is 13.7. The van der Waals surface area contributed by atoms with Gasteiger partial charge in [0, 0.05) is 19.2 Å². The largest absolute Gasteiger partial charge is 0.493 e. The predicted octanol–water partition coefficient (Wildman–Crippen LogP) is 3.81. The number of nitrogens with one attached hydrogen (secondary N) is 1. The van der Waals surface area contributed by atoms with E-state index in [2.05, 4.69) is 16.3 Å². The Labute approximate surface area is 218 Å². The highest BCUT2D eigenvalue weighted by atomic mass is 32.2. The van der Waals surface area contributed by atoms with E-state index in [0.29, 0.717) is 18.0 Å². The van der Waals surface area contributed by atoms with E-state index in [4.69, 9.17) is 9.47 Å². The molecule has 9 heteroatoms. The van der Waals surface area contributed by atoms with Gasteiger partial charge in [-0.3, -0.25) is 14.0 Å². The maximum absolute atomic E-state index is 13.7. The summed E-state index contributed by atoms with van der Waals surface area (Å²) in [5.74, 6) is 0.303. The first-order valence-electron chi connectivity index (χ1n) is 12.3. The average Bonchev–Trinajstić information content (AvgIpc) is 3.44. The monoisotopic (exact) mass is 523 g/mol. The summed E-state index contributed by atoms with van der Waals surface area (Å²) in [6.45, 7) is 2.97. The molecule has 1 heterocycles. The minimum absolute atomic E-state index is 0.00207. The van der Waals surface area contributed by atoms with E-state index in [1.165, 1.54) is 50.8 Å². The average molecular weight is 524 g/mol. The van der Waals surface area contributed by atoms with E-state index in [0.717, 1.165) is 29.5 Å². The Balaban J connectivity index is 1.53. The van der Waals surface area contributed by atoms with Gasteiger partial charge in [0.25, 0.3) is 10.0 Å². The fourth-order valence-electron chi connectivity index (χ4n) is 4.46. The number of carbonyl (C=O) groups excluding carboxylic acids is 1. The SMILES string of the molecule is COc1ccc(S(=O)(=O)N(CC(=O)NCc2ccccc2CN2CCCC2)c2ccccc2)cc1OC. The third-order valence-electron chi connectivity index (χ3n) is 6.46. The second kappa shape index (κ2) is 12.1. The van der Waals surface area contributed by atoms with Crippen LogP contribution in [0.25, 0.3) is 0 Å². The van der Waals surface area contributed by atoms with Crippen molar-refractivity contribution in [2.24, 2.45) is 0 Å². The van der Waals surface area contributed by atoms with Crippen molar-refractivity contribution < 1.29 is 22.7 Å². The fourth-order valence-corrected chi connectivity index (χ4v) is 5.90. The van der Waals surface area contributed by atoms with Gasteiger partial charge >= 0.3 is 0 Å². The van der Waals surface area contributed by atoms with Gasteiger partial charge in [-0.1, -0.05) is 42.5 Å². The van der Waals surface area contributed by atoms with E-state index in [1.807, 2.05) is 18.2 Å². The first-order valence-corrected chi connectivity index (χ1v) is 13.7. The lowest BCUT2D eigenvalue weighted by atomic mass is 10.1. The van der Waals surface area contributed by atoms with Crippen molar-refractivity contribution in [1.82, 2.24) is 10.2 Å². The van der Waals surface area contributed by atoms with Gasteiger partial charge in [0.1, 0.15) is 6.54 Å². The lowest BCUT2D eigenvalue weighted by Gasteiger charge is -2.24. The van der Waals surface area contributed by atoms with Crippen LogP contribution in [-0.4, -0.2) is 53.1 Å². The fraction of sp³-hybridized carbons (Fsp3) is 0.321. The zero-order chi connectivity index (χ0) is 26.3. The van der Waals surface area contributed by atoms with Crippen LogP contribution in [0.15, 0.2) is 77.7 Å². The number of likely N-dealkylation sites (tertiary alicyclic amines) is 1. The van der Waals surface area contributed by atoms with Crippen molar-refractivity contribution in [1.29, 1.82) is 0 Å². The van der Waals surface area contributed by atoms with Crippen molar-refractivity contribution in [2.45, 2.75) is 30.8 Å². The van der Waals surface area contributed by atoms with Crippen molar-refractivity contribution >= 4 is 21.6 Å². The van der Waals surface area contributed by atoms with Crippen molar-refractivity contribution in [3.8, 4) is 11.5 Å². The van der Waals surface area contributed by atoms with Gasteiger partial charge < -0.3 is 14.8 Å². The smallest absolute Gasteiger partial charge is 0.264 e. The minimum Gasteiger partial charge on any atom is -0.493 e. The molecule has 0 saturated carbocycles. The normalized spacial score (nSPS) is 13.8. The topological polar surface area (TPSA) is 88.2 Å². The van der Waals surface area contributed by atoms with Gasteiger partial charge in [-0.25, -0.2) is 8.42 Å². The predicted molar refractivity (Wildman–Crippen MR) is 143 cm³/mol. The van der Waals surface area contributed by atoms with Crippen molar-refractivity contribution in [2.75, 3.05) is 38.2 Å². The first-order chi connectivity index (χ1) is 17.9. The number of anilines is 1. The Morgan fingerprint density at radius 1 is 0.892 bits per heavy atom. The number of sulfonamides is 1. The number of benzene rings is 3. The number of methoxy groups -OCH3 is 2. The van der Waals surface area contributed by atoms with Crippen LogP contribution in [0.3, 0.4) is 0 Å². The number of amides is 1. The van der Waals surface area contributed by atoms with Crippen molar-refractivity contribution in [3.05, 3.63) is 83.9 Å². The third kappa shape index (κ3) is 6.42. The molecule has 3 aromatic carbocycles. The zero-order valence-electron chi connectivity index (χ0n) is 21.2. The summed E-state index contributed by atoms with van der Waals surface area (Å²) in [5.41, 5.74) is 2.58. The molecule has 8 nitrogen and oxygen atoms in total. The molecule has 1 N–H and O–H groups in total. The van der Waals surface area contributed by atoms with Crippen molar-refractivity contribution in [3.63, 3.8) is 0 Å². The molecule has 0 atom stereocenters. The molecule has 1 fully saturated rings. The first kappa shape index (κ1) is 26.5. The molecule has 0 radical (unpaired) electrons. The van der Waals surface area contributed by atoms with Gasteiger partial charge in [0.15, 0.2) is 11.5 Å². The second-order valence-corrected chi connectivity index (χ2v) is 10.8. The quantitative estimate of drug-likeness (QED) is 0.411. The Bertz CT molecular complexity index is 1310. The number of rotatable bonds is 11. The van der Waals surface area contributed by atoms with Gasteiger partial charge in [-0.05, 0) is 61.3 Å². The van der Waals surface area contributed by atoms with Crippen LogP contribution < -0.4 is 19.1 Å². The highest BCUT2D eigenvalue weighted by molar-refractivity contribution is 7.92. The Morgan fingerprint density at radius 2 is 1.54 bits per heavy atom. The summed E-state index contributed by atoms with van der Waals surface area (Å²) in [6.07, 6.45) is 2.42. The standard InChI is InChI=1S/C28H33N3O5S/c1-35-26-15-14-25(18-27(26)36-2)37(33,34)31(24-12-4-3-5-13-24)21-28(32)29-19-22-10-6-7-11-23(22)20-30-16-8-9-17-30/h3-7,10-15,18H,8-9,16-17,19-21H2,1-2H3,(H,29,32). The second-order valence-electron chi connectivity index (χ2n) is 8.89. The van der Waals surface area contributed by atoms with Gasteiger partial charge in [-0.2, -0.15) is 0 Å². The van der Waals surface area contributed by atoms with Crippen LogP contribution in [0.2, 0.25) is 0 Å². The molecule has 0 bridgehead atoms. The van der Waals surface area contributed by atoms with E-state index in [9.17, 15) is 13.2 Å². The van der Waals surface area contributed by atoms with Crippen LogP contribution in [0.4, 0.5) is 5.69 Å². The molecule has 1 amide bonds. The summed E-state index contributed by atoms with van der Waals surface area (Å²) >= 11 is 0.